The lowest BCUT2D eigenvalue weighted by Crippen LogP contribution is -2.24. The summed E-state index contributed by atoms with van der Waals surface area (Å²) < 4.78 is 0. The van der Waals surface area contributed by atoms with Crippen molar-refractivity contribution in [1.82, 2.24) is 9.88 Å². The van der Waals surface area contributed by atoms with Crippen molar-refractivity contribution in [2.75, 3.05) is 37.7 Å². The van der Waals surface area contributed by atoms with E-state index in [9.17, 15) is 0 Å². The van der Waals surface area contributed by atoms with Gasteiger partial charge in [-0.05, 0) is 13.6 Å². The van der Waals surface area contributed by atoms with Gasteiger partial charge in [0.15, 0.2) is 5.13 Å². The second kappa shape index (κ2) is 5.04. The minimum atomic E-state index is 0.756. The molecule has 3 N–H and O–H groups in total. The topological polar surface area (TPSA) is 54.2 Å². The first-order valence-corrected chi connectivity index (χ1v) is 5.17. The molecular weight excluding hydrogens is 184 g/mol. The van der Waals surface area contributed by atoms with Crippen molar-refractivity contribution in [2.45, 2.75) is 6.92 Å². The highest BCUT2D eigenvalue weighted by Gasteiger charge is 1.98. The van der Waals surface area contributed by atoms with E-state index in [4.69, 9.17) is 5.73 Å². The molecule has 0 atom stereocenters. The molecule has 1 aromatic heterocycles. The lowest BCUT2D eigenvalue weighted by atomic mass is 10.5. The summed E-state index contributed by atoms with van der Waals surface area (Å²) in [5.41, 5.74) is 5.54. The normalized spacial score (nSPS) is 10.7. The van der Waals surface area contributed by atoms with Crippen LogP contribution in [0.1, 0.15) is 6.92 Å². The fourth-order valence-electron chi connectivity index (χ4n) is 0.880. The molecule has 0 amide bonds. The molecule has 0 aliphatic rings. The van der Waals surface area contributed by atoms with Gasteiger partial charge in [0.2, 0.25) is 0 Å². The summed E-state index contributed by atoms with van der Waals surface area (Å²) in [6.07, 6.45) is 1.68. The fourth-order valence-corrected chi connectivity index (χ4v) is 1.49. The Balaban J connectivity index is 2.20. The van der Waals surface area contributed by atoms with Crippen LogP contribution in [0.25, 0.3) is 0 Å². The summed E-state index contributed by atoms with van der Waals surface area (Å²) in [4.78, 5) is 6.34. The number of hydrogen-bond donors (Lipinski definition) is 2. The summed E-state index contributed by atoms with van der Waals surface area (Å²) in [6, 6.07) is 0. The molecule has 4 nitrogen and oxygen atoms in total. The van der Waals surface area contributed by atoms with Crippen molar-refractivity contribution >= 4 is 21.5 Å². The summed E-state index contributed by atoms with van der Waals surface area (Å²) in [5.74, 6) is 0. The molecule has 0 unspecified atom stereocenters. The van der Waals surface area contributed by atoms with Gasteiger partial charge in [-0.1, -0.05) is 18.3 Å². The molecule has 13 heavy (non-hydrogen) atoms. The predicted octanol–water partition coefficient (Wildman–Crippen LogP) is 1.09. The number of anilines is 2. The van der Waals surface area contributed by atoms with Gasteiger partial charge in [-0.15, -0.1) is 0 Å². The van der Waals surface area contributed by atoms with Crippen LogP contribution >= 0.6 is 11.3 Å². The molecule has 5 heteroatoms. The quantitative estimate of drug-likeness (QED) is 0.747. The van der Waals surface area contributed by atoms with E-state index in [2.05, 4.69) is 29.2 Å². The highest BCUT2D eigenvalue weighted by molar-refractivity contribution is 7.19. The van der Waals surface area contributed by atoms with E-state index in [0.29, 0.717) is 0 Å². The van der Waals surface area contributed by atoms with Gasteiger partial charge in [0.1, 0.15) is 5.00 Å². The van der Waals surface area contributed by atoms with E-state index in [-0.39, 0.29) is 0 Å². The predicted molar refractivity (Wildman–Crippen MR) is 58.2 cm³/mol. The maximum absolute atomic E-state index is 5.54. The molecule has 1 heterocycles. The Bertz CT molecular complexity index is 248. The first kappa shape index (κ1) is 10.3. The van der Waals surface area contributed by atoms with Crippen LogP contribution in [-0.4, -0.2) is 36.6 Å². The van der Waals surface area contributed by atoms with Gasteiger partial charge in [0.25, 0.3) is 0 Å². The zero-order valence-corrected chi connectivity index (χ0v) is 8.90. The van der Waals surface area contributed by atoms with E-state index < -0.39 is 0 Å². The highest BCUT2D eigenvalue weighted by Crippen LogP contribution is 2.18. The van der Waals surface area contributed by atoms with Crippen molar-refractivity contribution in [3.63, 3.8) is 0 Å². The number of nitrogen functional groups attached to an aromatic ring is 1. The molecule has 74 valence electrons. The number of nitrogens with two attached hydrogens (primary N) is 1. The Morgan fingerprint density at radius 1 is 1.69 bits per heavy atom. The average Bonchev–Trinajstić information content (AvgIpc) is 2.51. The second-order valence-electron chi connectivity index (χ2n) is 2.89. The standard InChI is InChI=1S/C8H16N4S/c1-3-12(2)5-4-10-8-11-6-7(9)13-8/h6H,3-5,9H2,1-2H3,(H,10,11). The molecular formula is C8H16N4S. The summed E-state index contributed by atoms with van der Waals surface area (Å²) in [6.45, 7) is 5.15. The van der Waals surface area contributed by atoms with E-state index in [1.807, 2.05) is 0 Å². The van der Waals surface area contributed by atoms with Crippen LogP contribution in [0.2, 0.25) is 0 Å². The Kier molecular flexibility index (Phi) is 3.98. The Hall–Kier alpha value is -0.810. The van der Waals surface area contributed by atoms with Gasteiger partial charge < -0.3 is 16.0 Å². The molecule has 0 radical (unpaired) electrons. The number of thiazole rings is 1. The maximum Gasteiger partial charge on any atom is 0.184 e. The molecule has 0 saturated carbocycles. The monoisotopic (exact) mass is 200 g/mol. The molecule has 0 bridgehead atoms. The van der Waals surface area contributed by atoms with Crippen molar-refractivity contribution in [1.29, 1.82) is 0 Å². The van der Waals surface area contributed by atoms with E-state index in [0.717, 1.165) is 29.8 Å². The fraction of sp³-hybridized carbons (Fsp3) is 0.625. The average molecular weight is 200 g/mol. The third-order valence-electron chi connectivity index (χ3n) is 1.83. The largest absolute Gasteiger partial charge is 0.389 e. The molecule has 0 spiro atoms. The minimum Gasteiger partial charge on any atom is -0.389 e. The van der Waals surface area contributed by atoms with Crippen molar-refractivity contribution < 1.29 is 0 Å². The van der Waals surface area contributed by atoms with Crippen molar-refractivity contribution in [2.24, 2.45) is 0 Å². The van der Waals surface area contributed by atoms with Gasteiger partial charge >= 0.3 is 0 Å². The molecule has 1 rings (SSSR count). The second-order valence-corrected chi connectivity index (χ2v) is 3.95. The number of likely N-dealkylation sites (N-methyl/N-ethyl adjacent to an activating group) is 1. The van der Waals surface area contributed by atoms with E-state index in [1.165, 1.54) is 11.3 Å². The SMILES string of the molecule is CCN(C)CCNc1ncc(N)s1. The van der Waals surface area contributed by atoms with Gasteiger partial charge in [0, 0.05) is 13.1 Å². The van der Waals surface area contributed by atoms with E-state index >= 15 is 0 Å². The first-order chi connectivity index (χ1) is 6.22. The number of aromatic nitrogens is 1. The minimum absolute atomic E-state index is 0.756. The number of nitrogens with zero attached hydrogens (tertiary/aromatic N) is 2. The maximum atomic E-state index is 5.54. The molecule has 1 aromatic rings. The number of rotatable bonds is 5. The Morgan fingerprint density at radius 2 is 2.46 bits per heavy atom. The third-order valence-corrected chi connectivity index (χ3v) is 2.62. The highest BCUT2D eigenvalue weighted by atomic mass is 32.1. The zero-order valence-electron chi connectivity index (χ0n) is 8.08. The van der Waals surface area contributed by atoms with Gasteiger partial charge in [-0.2, -0.15) is 0 Å². The summed E-state index contributed by atoms with van der Waals surface area (Å²) >= 11 is 1.48. The van der Waals surface area contributed by atoms with Crippen LogP contribution in [-0.2, 0) is 0 Å². The molecule has 0 aliphatic carbocycles. The van der Waals surface area contributed by atoms with E-state index in [1.54, 1.807) is 6.20 Å². The van der Waals surface area contributed by atoms with Crippen LogP contribution in [0, 0.1) is 0 Å². The van der Waals surface area contributed by atoms with Crippen LogP contribution < -0.4 is 11.1 Å². The lowest BCUT2D eigenvalue weighted by molar-refractivity contribution is 0.367. The van der Waals surface area contributed by atoms with Gasteiger partial charge in [-0.3, -0.25) is 0 Å². The van der Waals surface area contributed by atoms with Crippen molar-refractivity contribution in [3.05, 3.63) is 6.20 Å². The Labute approximate surface area is 82.8 Å². The number of nitrogens with one attached hydrogen (secondary N) is 1. The molecule has 0 fully saturated rings. The summed E-state index contributed by atoms with van der Waals surface area (Å²) in [7, 11) is 2.10. The first-order valence-electron chi connectivity index (χ1n) is 4.36. The van der Waals surface area contributed by atoms with Crippen LogP contribution in [0.3, 0.4) is 0 Å². The van der Waals surface area contributed by atoms with Crippen LogP contribution in [0.5, 0.6) is 0 Å². The lowest BCUT2D eigenvalue weighted by Gasteiger charge is -2.13. The van der Waals surface area contributed by atoms with Crippen LogP contribution in [0.4, 0.5) is 10.1 Å². The smallest absolute Gasteiger partial charge is 0.184 e. The van der Waals surface area contributed by atoms with Gasteiger partial charge in [0.05, 0.1) is 6.20 Å². The third kappa shape index (κ3) is 3.61. The van der Waals surface area contributed by atoms with Crippen molar-refractivity contribution in [3.8, 4) is 0 Å². The van der Waals surface area contributed by atoms with Crippen LogP contribution in [0.15, 0.2) is 6.20 Å². The van der Waals surface area contributed by atoms with Gasteiger partial charge in [-0.25, -0.2) is 4.98 Å². The molecule has 0 aromatic carbocycles. The number of hydrogen-bond acceptors (Lipinski definition) is 5. The molecule has 0 aliphatic heterocycles. The Morgan fingerprint density at radius 3 is 3.00 bits per heavy atom. The summed E-state index contributed by atoms with van der Waals surface area (Å²) in [5, 5.41) is 4.88. The molecule has 0 saturated heterocycles. The zero-order chi connectivity index (χ0) is 9.68.